The summed E-state index contributed by atoms with van der Waals surface area (Å²) in [5.41, 5.74) is 4.19. The Morgan fingerprint density at radius 3 is 2.76 bits per heavy atom. The number of aromatic nitrogens is 3. The van der Waals surface area contributed by atoms with Crippen LogP contribution in [-0.4, -0.2) is 20.4 Å². The molecular weight excluding hydrogens is 387 g/mol. The van der Waals surface area contributed by atoms with Crippen molar-refractivity contribution in [2.24, 2.45) is 0 Å². The molecule has 4 rings (SSSR count). The van der Waals surface area contributed by atoms with Gasteiger partial charge in [-0.2, -0.15) is 0 Å². The maximum Gasteiger partial charge on any atom is 0.244 e. The van der Waals surface area contributed by atoms with Crippen LogP contribution in [0.1, 0.15) is 11.1 Å². The van der Waals surface area contributed by atoms with Crippen molar-refractivity contribution in [3.63, 3.8) is 0 Å². The first-order valence-corrected chi connectivity index (χ1v) is 10.1. The molecule has 0 saturated heterocycles. The zero-order valence-electron chi connectivity index (χ0n) is 15.8. The van der Waals surface area contributed by atoms with E-state index < -0.39 is 5.82 Å². The summed E-state index contributed by atoms with van der Waals surface area (Å²) in [7, 11) is 0. The first kappa shape index (κ1) is 19.1. The number of amides is 1. The van der Waals surface area contributed by atoms with Crippen LogP contribution >= 0.6 is 11.8 Å². The molecule has 0 radical (unpaired) electrons. The molecule has 0 aliphatic heterocycles. The van der Waals surface area contributed by atoms with Crippen LogP contribution in [0.2, 0.25) is 0 Å². The maximum atomic E-state index is 13.4. The van der Waals surface area contributed by atoms with Crippen molar-refractivity contribution in [3.8, 4) is 0 Å². The van der Waals surface area contributed by atoms with E-state index in [9.17, 15) is 9.18 Å². The fourth-order valence-electron chi connectivity index (χ4n) is 2.93. The van der Waals surface area contributed by atoms with E-state index in [2.05, 4.69) is 46.5 Å². The number of carbonyl (C=O) groups excluding carboxylic acids is 1. The molecule has 0 aliphatic rings. The molecule has 1 amide bonds. The van der Waals surface area contributed by atoms with Crippen molar-refractivity contribution in [1.82, 2.24) is 14.5 Å². The first-order valence-electron chi connectivity index (χ1n) is 9.13. The lowest BCUT2D eigenvalue weighted by Gasteiger charge is -2.09. The Labute approximate surface area is 172 Å². The van der Waals surface area contributed by atoms with E-state index in [1.807, 2.05) is 12.1 Å². The standard InChI is InChI=1S/C22H19FN4OS/c1-15-7-9-16(10-8-15)14-29-22-26-19-6-3-11-24-21(19)27(22)13-20(28)25-18-5-2-4-17(23)12-18/h2-12H,13-14H2,1H3,(H,25,28). The van der Waals surface area contributed by atoms with Gasteiger partial charge in [-0.1, -0.05) is 47.7 Å². The van der Waals surface area contributed by atoms with E-state index >= 15 is 0 Å². The van der Waals surface area contributed by atoms with E-state index in [1.54, 1.807) is 34.7 Å². The summed E-state index contributed by atoms with van der Waals surface area (Å²) in [6, 6.07) is 17.9. The molecule has 5 nitrogen and oxygen atoms in total. The van der Waals surface area contributed by atoms with Gasteiger partial charge in [-0.25, -0.2) is 14.4 Å². The van der Waals surface area contributed by atoms with Gasteiger partial charge in [-0.15, -0.1) is 0 Å². The lowest BCUT2D eigenvalue weighted by molar-refractivity contribution is -0.116. The van der Waals surface area contributed by atoms with Gasteiger partial charge in [0.05, 0.1) is 0 Å². The zero-order valence-corrected chi connectivity index (χ0v) is 16.6. The van der Waals surface area contributed by atoms with Gasteiger partial charge in [0.1, 0.15) is 17.9 Å². The maximum absolute atomic E-state index is 13.4. The second kappa shape index (κ2) is 8.45. The van der Waals surface area contributed by atoms with Crippen molar-refractivity contribution in [2.45, 2.75) is 24.4 Å². The molecule has 0 atom stereocenters. The van der Waals surface area contributed by atoms with Crippen molar-refractivity contribution >= 4 is 34.5 Å². The van der Waals surface area contributed by atoms with Crippen LogP contribution < -0.4 is 5.32 Å². The average molecular weight is 406 g/mol. The number of carbonyl (C=O) groups is 1. The van der Waals surface area contributed by atoms with Crippen molar-refractivity contribution in [3.05, 3.63) is 83.8 Å². The molecule has 146 valence electrons. The minimum atomic E-state index is -0.396. The predicted molar refractivity (Wildman–Crippen MR) is 113 cm³/mol. The van der Waals surface area contributed by atoms with Gasteiger partial charge in [-0.05, 0) is 42.8 Å². The van der Waals surface area contributed by atoms with Gasteiger partial charge in [0.25, 0.3) is 0 Å². The molecule has 0 fully saturated rings. The van der Waals surface area contributed by atoms with Crippen LogP contribution in [0.5, 0.6) is 0 Å². The van der Waals surface area contributed by atoms with Gasteiger partial charge < -0.3 is 5.32 Å². The molecule has 0 aliphatic carbocycles. The first-order chi connectivity index (χ1) is 14.1. The van der Waals surface area contributed by atoms with Crippen LogP contribution in [0.25, 0.3) is 11.2 Å². The van der Waals surface area contributed by atoms with Gasteiger partial charge in [-0.3, -0.25) is 9.36 Å². The highest BCUT2D eigenvalue weighted by Crippen LogP contribution is 2.26. The monoisotopic (exact) mass is 406 g/mol. The second-order valence-electron chi connectivity index (χ2n) is 6.66. The number of nitrogens with zero attached hydrogens (tertiary/aromatic N) is 3. The minimum absolute atomic E-state index is 0.0419. The highest BCUT2D eigenvalue weighted by molar-refractivity contribution is 7.98. The smallest absolute Gasteiger partial charge is 0.244 e. The topological polar surface area (TPSA) is 59.8 Å². The Morgan fingerprint density at radius 1 is 1.14 bits per heavy atom. The molecular formula is C22H19FN4OS. The average Bonchev–Trinajstić information content (AvgIpc) is 3.05. The van der Waals surface area contributed by atoms with Gasteiger partial charge in [0.2, 0.25) is 5.91 Å². The molecule has 0 unspecified atom stereocenters. The molecule has 0 bridgehead atoms. The quantitative estimate of drug-likeness (QED) is 0.467. The summed E-state index contributed by atoms with van der Waals surface area (Å²) >= 11 is 1.55. The summed E-state index contributed by atoms with van der Waals surface area (Å²) in [5, 5.41) is 3.44. The summed E-state index contributed by atoms with van der Waals surface area (Å²) in [5.74, 6) is 0.0689. The number of hydrogen-bond acceptors (Lipinski definition) is 4. The van der Waals surface area contributed by atoms with E-state index in [0.29, 0.717) is 16.5 Å². The number of pyridine rings is 1. The largest absolute Gasteiger partial charge is 0.324 e. The molecule has 7 heteroatoms. The number of benzene rings is 2. The molecule has 0 spiro atoms. The number of thioether (sulfide) groups is 1. The Bertz CT molecular complexity index is 1160. The number of hydrogen-bond donors (Lipinski definition) is 1. The third-order valence-corrected chi connectivity index (χ3v) is 5.41. The zero-order chi connectivity index (χ0) is 20.2. The van der Waals surface area contributed by atoms with E-state index in [1.165, 1.54) is 23.3 Å². The van der Waals surface area contributed by atoms with Crippen LogP contribution in [0.15, 0.2) is 72.0 Å². The normalized spacial score (nSPS) is 11.0. The Balaban J connectivity index is 1.56. The fourth-order valence-corrected chi connectivity index (χ4v) is 3.89. The number of aryl methyl sites for hydroxylation is 1. The van der Waals surface area contributed by atoms with Gasteiger partial charge in [0, 0.05) is 17.6 Å². The van der Waals surface area contributed by atoms with Crippen LogP contribution in [0.3, 0.4) is 0 Å². The van der Waals surface area contributed by atoms with Crippen LogP contribution in [-0.2, 0) is 17.1 Å². The molecule has 2 heterocycles. The van der Waals surface area contributed by atoms with Gasteiger partial charge in [0.15, 0.2) is 10.8 Å². The molecule has 2 aromatic heterocycles. The summed E-state index contributed by atoms with van der Waals surface area (Å²) in [6.07, 6.45) is 1.68. The number of nitrogens with one attached hydrogen (secondary N) is 1. The van der Waals surface area contributed by atoms with Crippen LogP contribution in [0.4, 0.5) is 10.1 Å². The lowest BCUT2D eigenvalue weighted by atomic mass is 10.2. The molecule has 2 aromatic carbocycles. The Hall–Kier alpha value is -3.19. The minimum Gasteiger partial charge on any atom is -0.324 e. The third kappa shape index (κ3) is 4.63. The lowest BCUT2D eigenvalue weighted by Crippen LogP contribution is -2.19. The van der Waals surface area contributed by atoms with E-state index in [4.69, 9.17) is 0 Å². The van der Waals surface area contributed by atoms with Crippen molar-refractivity contribution < 1.29 is 9.18 Å². The second-order valence-corrected chi connectivity index (χ2v) is 7.60. The summed E-state index contributed by atoms with van der Waals surface area (Å²) < 4.78 is 15.2. The number of anilines is 1. The Morgan fingerprint density at radius 2 is 1.97 bits per heavy atom. The SMILES string of the molecule is Cc1ccc(CSc2nc3cccnc3n2CC(=O)Nc2cccc(F)c2)cc1. The molecule has 1 N–H and O–H groups in total. The summed E-state index contributed by atoms with van der Waals surface area (Å²) in [4.78, 5) is 21.6. The summed E-state index contributed by atoms with van der Waals surface area (Å²) in [6.45, 7) is 2.10. The highest BCUT2D eigenvalue weighted by atomic mass is 32.2. The van der Waals surface area contributed by atoms with Gasteiger partial charge >= 0.3 is 0 Å². The predicted octanol–water partition coefficient (Wildman–Crippen LogP) is 4.81. The number of rotatable bonds is 6. The van der Waals surface area contributed by atoms with E-state index in [-0.39, 0.29) is 12.5 Å². The molecule has 0 saturated carbocycles. The number of halogens is 1. The van der Waals surface area contributed by atoms with Crippen molar-refractivity contribution in [1.29, 1.82) is 0 Å². The number of fused-ring (bicyclic) bond motifs is 1. The number of imidazole rings is 1. The fraction of sp³-hybridized carbons (Fsp3) is 0.136. The van der Waals surface area contributed by atoms with Crippen molar-refractivity contribution in [2.75, 3.05) is 5.32 Å². The molecule has 29 heavy (non-hydrogen) atoms. The van der Waals surface area contributed by atoms with E-state index in [0.717, 1.165) is 11.3 Å². The molecule has 4 aromatic rings. The van der Waals surface area contributed by atoms with Crippen LogP contribution in [0, 0.1) is 12.7 Å². The third-order valence-electron chi connectivity index (χ3n) is 4.37. The highest BCUT2D eigenvalue weighted by Gasteiger charge is 2.15. The Kier molecular flexibility index (Phi) is 5.57.